The highest BCUT2D eigenvalue weighted by Gasteiger charge is 2.07. The van der Waals surface area contributed by atoms with Gasteiger partial charge in [0.15, 0.2) is 0 Å². The minimum Gasteiger partial charge on any atom is -0.385 e. The van der Waals surface area contributed by atoms with E-state index in [1.165, 1.54) is 5.56 Å². The van der Waals surface area contributed by atoms with Crippen LogP contribution in [0.25, 0.3) is 11.3 Å². The topological polar surface area (TPSA) is 59.1 Å². The molecular formula is C22H25ClN4O. The number of ether oxygens (including phenoxy) is 1. The third-order valence-electron chi connectivity index (χ3n) is 4.21. The summed E-state index contributed by atoms with van der Waals surface area (Å²) >= 11 is 6.06. The molecule has 1 heterocycles. The zero-order chi connectivity index (χ0) is 19.6. The Bertz CT molecular complexity index is 873. The van der Waals surface area contributed by atoms with Crippen LogP contribution in [0.1, 0.15) is 12.0 Å². The molecule has 28 heavy (non-hydrogen) atoms. The molecular weight excluding hydrogens is 372 g/mol. The quantitative estimate of drug-likeness (QED) is 0.477. The van der Waals surface area contributed by atoms with Gasteiger partial charge in [-0.1, -0.05) is 54.1 Å². The highest BCUT2D eigenvalue weighted by molar-refractivity contribution is 6.30. The van der Waals surface area contributed by atoms with E-state index in [4.69, 9.17) is 16.3 Å². The van der Waals surface area contributed by atoms with E-state index >= 15 is 0 Å². The monoisotopic (exact) mass is 396 g/mol. The Morgan fingerprint density at radius 1 is 0.929 bits per heavy atom. The lowest BCUT2D eigenvalue weighted by atomic mass is 10.1. The summed E-state index contributed by atoms with van der Waals surface area (Å²) in [6.45, 7) is 2.22. The number of halogens is 1. The number of anilines is 2. The normalized spacial score (nSPS) is 10.6. The van der Waals surface area contributed by atoms with Gasteiger partial charge in [0.25, 0.3) is 0 Å². The maximum atomic E-state index is 6.06. The number of nitrogens with one attached hydrogen (secondary N) is 2. The lowest BCUT2D eigenvalue weighted by Crippen LogP contribution is -2.11. The fourth-order valence-corrected chi connectivity index (χ4v) is 3.03. The summed E-state index contributed by atoms with van der Waals surface area (Å²) in [7, 11) is 1.70. The molecule has 0 bridgehead atoms. The van der Waals surface area contributed by atoms with Crippen LogP contribution in [0.2, 0.25) is 5.02 Å². The lowest BCUT2D eigenvalue weighted by molar-refractivity contribution is 0.197. The van der Waals surface area contributed by atoms with E-state index in [0.717, 1.165) is 48.0 Å². The number of hydrogen-bond acceptors (Lipinski definition) is 5. The fourth-order valence-electron chi connectivity index (χ4n) is 2.82. The zero-order valence-electron chi connectivity index (χ0n) is 16.0. The van der Waals surface area contributed by atoms with Gasteiger partial charge in [0.2, 0.25) is 5.95 Å². The van der Waals surface area contributed by atoms with E-state index in [9.17, 15) is 0 Å². The van der Waals surface area contributed by atoms with Crippen molar-refractivity contribution in [2.75, 3.05) is 37.4 Å². The first kappa shape index (κ1) is 20.1. The first-order valence-corrected chi connectivity index (χ1v) is 9.78. The van der Waals surface area contributed by atoms with Crippen molar-refractivity contribution in [3.05, 3.63) is 71.2 Å². The Morgan fingerprint density at radius 3 is 2.57 bits per heavy atom. The molecule has 2 aromatic carbocycles. The van der Waals surface area contributed by atoms with Gasteiger partial charge in [-0.25, -0.2) is 4.98 Å². The molecule has 0 atom stereocenters. The standard InChI is InChI=1S/C22H25ClN4O/c1-28-14-6-12-25-22-26-20(18-8-3-2-4-9-18)16-21(27-22)24-13-11-17-7-5-10-19(23)15-17/h2-5,7-10,15-16H,6,11-14H2,1H3,(H2,24,25,26,27). The predicted octanol–water partition coefficient (Wildman–Crippen LogP) is 4.90. The van der Waals surface area contributed by atoms with Crippen molar-refractivity contribution in [3.63, 3.8) is 0 Å². The molecule has 146 valence electrons. The Kier molecular flexibility index (Phi) is 7.64. The summed E-state index contributed by atoms with van der Waals surface area (Å²) in [5.41, 5.74) is 3.13. The maximum Gasteiger partial charge on any atom is 0.225 e. The molecule has 5 nitrogen and oxygen atoms in total. The Morgan fingerprint density at radius 2 is 1.79 bits per heavy atom. The lowest BCUT2D eigenvalue weighted by Gasteiger charge is -2.12. The molecule has 0 saturated heterocycles. The van der Waals surface area contributed by atoms with Crippen molar-refractivity contribution >= 4 is 23.4 Å². The second kappa shape index (κ2) is 10.6. The molecule has 1 aromatic heterocycles. The van der Waals surface area contributed by atoms with Crippen molar-refractivity contribution in [3.8, 4) is 11.3 Å². The smallest absolute Gasteiger partial charge is 0.225 e. The average Bonchev–Trinajstić information content (AvgIpc) is 2.72. The van der Waals surface area contributed by atoms with Crippen LogP contribution in [-0.2, 0) is 11.2 Å². The molecule has 0 aliphatic heterocycles. The average molecular weight is 397 g/mol. The van der Waals surface area contributed by atoms with E-state index in [1.54, 1.807) is 7.11 Å². The molecule has 0 saturated carbocycles. The number of aromatic nitrogens is 2. The van der Waals surface area contributed by atoms with Crippen LogP contribution in [0.3, 0.4) is 0 Å². The molecule has 0 fully saturated rings. The Balaban J connectivity index is 1.70. The molecule has 6 heteroatoms. The summed E-state index contributed by atoms with van der Waals surface area (Å²) in [5.74, 6) is 1.41. The number of hydrogen-bond donors (Lipinski definition) is 2. The molecule has 2 N–H and O–H groups in total. The van der Waals surface area contributed by atoms with Gasteiger partial charge >= 0.3 is 0 Å². The van der Waals surface area contributed by atoms with Crippen LogP contribution in [0.4, 0.5) is 11.8 Å². The van der Waals surface area contributed by atoms with E-state index < -0.39 is 0 Å². The van der Waals surface area contributed by atoms with Crippen LogP contribution in [0.15, 0.2) is 60.7 Å². The van der Waals surface area contributed by atoms with Gasteiger partial charge in [0.05, 0.1) is 5.69 Å². The van der Waals surface area contributed by atoms with Crippen molar-refractivity contribution in [1.82, 2.24) is 9.97 Å². The zero-order valence-corrected chi connectivity index (χ0v) is 16.7. The van der Waals surface area contributed by atoms with Gasteiger partial charge in [-0.2, -0.15) is 4.98 Å². The third kappa shape index (κ3) is 6.22. The third-order valence-corrected chi connectivity index (χ3v) is 4.45. The first-order valence-electron chi connectivity index (χ1n) is 9.40. The number of rotatable bonds is 10. The summed E-state index contributed by atoms with van der Waals surface area (Å²) in [5, 5.41) is 7.45. The first-order chi connectivity index (χ1) is 13.7. The van der Waals surface area contributed by atoms with Crippen LogP contribution >= 0.6 is 11.6 Å². The Labute approximate surface area is 171 Å². The van der Waals surface area contributed by atoms with Crippen LogP contribution in [-0.4, -0.2) is 36.8 Å². The summed E-state index contributed by atoms with van der Waals surface area (Å²) in [6, 6.07) is 20.0. The van der Waals surface area contributed by atoms with Crippen LogP contribution in [0, 0.1) is 0 Å². The number of methoxy groups -OCH3 is 1. The molecule has 3 rings (SSSR count). The Hall–Kier alpha value is -2.63. The molecule has 0 aliphatic carbocycles. The summed E-state index contributed by atoms with van der Waals surface area (Å²) in [6.07, 6.45) is 1.76. The second-order valence-corrected chi connectivity index (χ2v) is 6.84. The van der Waals surface area contributed by atoms with Crippen molar-refractivity contribution in [2.45, 2.75) is 12.8 Å². The van der Waals surface area contributed by atoms with E-state index in [2.05, 4.69) is 26.7 Å². The summed E-state index contributed by atoms with van der Waals surface area (Å²) < 4.78 is 5.10. The van der Waals surface area contributed by atoms with Gasteiger partial charge in [-0.15, -0.1) is 0 Å². The molecule has 0 radical (unpaired) electrons. The van der Waals surface area contributed by atoms with Gasteiger partial charge in [0.1, 0.15) is 5.82 Å². The molecule has 0 aliphatic rings. The predicted molar refractivity (Wildman–Crippen MR) is 116 cm³/mol. The molecule has 0 amide bonds. The van der Waals surface area contributed by atoms with E-state index in [-0.39, 0.29) is 0 Å². The van der Waals surface area contributed by atoms with E-state index in [1.807, 2.05) is 54.6 Å². The number of benzene rings is 2. The van der Waals surface area contributed by atoms with E-state index in [0.29, 0.717) is 12.6 Å². The van der Waals surface area contributed by atoms with Gasteiger partial charge in [-0.3, -0.25) is 0 Å². The highest BCUT2D eigenvalue weighted by atomic mass is 35.5. The molecule has 0 unspecified atom stereocenters. The summed E-state index contributed by atoms with van der Waals surface area (Å²) in [4.78, 5) is 9.26. The molecule has 3 aromatic rings. The second-order valence-electron chi connectivity index (χ2n) is 6.41. The SMILES string of the molecule is COCCCNc1nc(NCCc2cccc(Cl)c2)cc(-c2ccccc2)n1. The van der Waals surface area contributed by atoms with Gasteiger partial charge < -0.3 is 15.4 Å². The maximum absolute atomic E-state index is 6.06. The van der Waals surface area contributed by atoms with Crippen molar-refractivity contribution in [1.29, 1.82) is 0 Å². The van der Waals surface area contributed by atoms with Crippen molar-refractivity contribution in [2.24, 2.45) is 0 Å². The molecule has 0 spiro atoms. The minimum absolute atomic E-state index is 0.614. The van der Waals surface area contributed by atoms with Crippen molar-refractivity contribution < 1.29 is 4.74 Å². The van der Waals surface area contributed by atoms with Gasteiger partial charge in [0, 0.05) is 43.5 Å². The fraction of sp³-hybridized carbons (Fsp3) is 0.273. The minimum atomic E-state index is 0.614. The van der Waals surface area contributed by atoms with Gasteiger partial charge in [-0.05, 0) is 30.5 Å². The van der Waals surface area contributed by atoms with Crippen LogP contribution in [0.5, 0.6) is 0 Å². The highest BCUT2D eigenvalue weighted by Crippen LogP contribution is 2.21. The largest absolute Gasteiger partial charge is 0.385 e. The number of nitrogens with zero attached hydrogens (tertiary/aromatic N) is 2. The van der Waals surface area contributed by atoms with Crippen LogP contribution < -0.4 is 10.6 Å².